The van der Waals surface area contributed by atoms with Gasteiger partial charge in [0.15, 0.2) is 5.88 Å². The van der Waals surface area contributed by atoms with Gasteiger partial charge in [-0.05, 0) is 6.92 Å². The highest BCUT2D eigenvalue weighted by atomic mass is 16.6. The second-order valence-corrected chi connectivity index (χ2v) is 3.47. The van der Waals surface area contributed by atoms with Gasteiger partial charge in [-0.25, -0.2) is 4.79 Å². The predicted molar refractivity (Wildman–Crippen MR) is 59.8 cm³/mol. The number of carboxylic acid groups (broad SMARTS) is 1. The van der Waals surface area contributed by atoms with Gasteiger partial charge in [-0.3, -0.25) is 14.9 Å². The Kier molecular flexibility index (Phi) is 4.24. The van der Waals surface area contributed by atoms with Gasteiger partial charge in [-0.15, -0.1) is 0 Å². The molecule has 0 aliphatic rings. The average Bonchev–Trinajstić information content (AvgIpc) is 2.25. The summed E-state index contributed by atoms with van der Waals surface area (Å²) in [6.45, 7) is 1.55. The van der Waals surface area contributed by atoms with Crippen molar-refractivity contribution >= 4 is 11.8 Å². The van der Waals surface area contributed by atoms with Crippen LogP contribution in [0.15, 0.2) is 17.1 Å². The second-order valence-electron chi connectivity index (χ2n) is 3.47. The zero-order valence-electron chi connectivity index (χ0n) is 9.37. The van der Waals surface area contributed by atoms with Crippen LogP contribution in [0.4, 0.5) is 10.5 Å². The quantitative estimate of drug-likeness (QED) is 0.513. The number of pyridine rings is 1. The molecule has 0 saturated heterocycles. The molecule has 9 nitrogen and oxygen atoms in total. The first kappa shape index (κ1) is 13.5. The molecule has 1 atom stereocenters. The van der Waals surface area contributed by atoms with Crippen LogP contribution in [0.25, 0.3) is 0 Å². The van der Waals surface area contributed by atoms with E-state index in [-0.39, 0.29) is 12.5 Å². The van der Waals surface area contributed by atoms with Crippen molar-refractivity contribution in [3.63, 3.8) is 0 Å². The van der Waals surface area contributed by atoms with Crippen molar-refractivity contribution in [3.8, 4) is 5.88 Å². The maximum absolute atomic E-state index is 11.3. The van der Waals surface area contributed by atoms with Gasteiger partial charge in [-0.2, -0.15) is 0 Å². The van der Waals surface area contributed by atoms with Crippen molar-refractivity contribution in [2.45, 2.75) is 13.0 Å². The van der Waals surface area contributed by atoms with E-state index < -0.39 is 28.2 Å². The molecule has 0 aliphatic carbocycles. The van der Waals surface area contributed by atoms with Crippen LogP contribution in [0.1, 0.15) is 6.92 Å². The molecule has 1 aromatic heterocycles. The summed E-state index contributed by atoms with van der Waals surface area (Å²) in [5.74, 6) is 0.0321. The molecule has 0 saturated carbocycles. The van der Waals surface area contributed by atoms with Crippen molar-refractivity contribution in [2.24, 2.45) is 0 Å². The van der Waals surface area contributed by atoms with Crippen LogP contribution >= 0.6 is 0 Å². The lowest BCUT2D eigenvalue weighted by atomic mass is 10.4. The summed E-state index contributed by atoms with van der Waals surface area (Å²) in [4.78, 5) is 33.6. The largest absolute Gasteiger partial charge is 0.477 e. The summed E-state index contributed by atoms with van der Waals surface area (Å²) in [7, 11) is 0. The van der Waals surface area contributed by atoms with Crippen molar-refractivity contribution in [1.29, 1.82) is 0 Å². The minimum atomic E-state index is -1.19. The Hall–Kier alpha value is -2.58. The number of hydrogen-bond acceptors (Lipinski definition) is 5. The zero-order chi connectivity index (χ0) is 13.7. The number of ether oxygens (including phenoxy) is 1. The summed E-state index contributed by atoms with van der Waals surface area (Å²) in [6, 6.07) is 0.451. The minimum absolute atomic E-state index is 0.0138. The third-order valence-electron chi connectivity index (χ3n) is 1.92. The number of carbonyl (C=O) groups is 1. The van der Waals surface area contributed by atoms with Gasteiger partial charge in [0.1, 0.15) is 6.61 Å². The average molecular weight is 257 g/mol. The Morgan fingerprint density at radius 3 is 2.89 bits per heavy atom. The van der Waals surface area contributed by atoms with Gasteiger partial charge < -0.3 is 20.1 Å². The van der Waals surface area contributed by atoms with Crippen molar-refractivity contribution in [3.05, 3.63) is 32.6 Å². The maximum Gasteiger partial charge on any atom is 0.404 e. The minimum Gasteiger partial charge on any atom is -0.477 e. The summed E-state index contributed by atoms with van der Waals surface area (Å²) in [6.07, 6.45) is -0.268. The molecule has 1 aromatic rings. The molecule has 9 heteroatoms. The fourth-order valence-corrected chi connectivity index (χ4v) is 1.14. The van der Waals surface area contributed by atoms with Gasteiger partial charge in [0.2, 0.25) is 0 Å². The van der Waals surface area contributed by atoms with Gasteiger partial charge in [-0.1, -0.05) is 0 Å². The molecule has 1 rings (SSSR count). The molecule has 1 heterocycles. The number of nitro groups is 1. The number of hydrogen-bond donors (Lipinski definition) is 3. The summed E-state index contributed by atoms with van der Waals surface area (Å²) >= 11 is 0. The molecule has 0 aromatic carbocycles. The topological polar surface area (TPSA) is 135 Å². The molecule has 0 fully saturated rings. The smallest absolute Gasteiger partial charge is 0.404 e. The second kappa shape index (κ2) is 5.66. The van der Waals surface area contributed by atoms with E-state index in [1.807, 2.05) is 0 Å². The Bertz CT molecular complexity index is 511. The van der Waals surface area contributed by atoms with E-state index in [4.69, 9.17) is 9.84 Å². The predicted octanol–water partition coefficient (Wildman–Crippen LogP) is 0.318. The SMILES string of the molecule is C[C@@H](COc1cc(=O)c([N+](=O)[O-])c[nH]1)NC(=O)O. The van der Waals surface area contributed by atoms with Crippen LogP contribution in [-0.4, -0.2) is 33.8 Å². The lowest BCUT2D eigenvalue weighted by Crippen LogP contribution is -2.35. The third kappa shape index (κ3) is 3.77. The highest BCUT2D eigenvalue weighted by Gasteiger charge is 2.13. The molecule has 0 bridgehead atoms. The number of rotatable bonds is 5. The lowest BCUT2D eigenvalue weighted by molar-refractivity contribution is -0.386. The van der Waals surface area contributed by atoms with E-state index in [0.717, 1.165) is 12.3 Å². The third-order valence-corrected chi connectivity index (χ3v) is 1.92. The van der Waals surface area contributed by atoms with E-state index in [1.54, 1.807) is 6.92 Å². The number of nitrogens with zero attached hydrogens (tertiary/aromatic N) is 1. The number of H-pyrrole nitrogens is 1. The highest BCUT2D eigenvalue weighted by molar-refractivity contribution is 5.64. The van der Waals surface area contributed by atoms with Crippen LogP contribution in [0.5, 0.6) is 5.88 Å². The number of nitrogens with one attached hydrogen (secondary N) is 2. The fourth-order valence-electron chi connectivity index (χ4n) is 1.14. The number of aromatic amines is 1. The normalized spacial score (nSPS) is 11.6. The first-order valence-corrected chi connectivity index (χ1v) is 4.89. The van der Waals surface area contributed by atoms with Gasteiger partial charge in [0.05, 0.1) is 23.2 Å². The van der Waals surface area contributed by atoms with Crippen LogP contribution in [-0.2, 0) is 0 Å². The zero-order valence-corrected chi connectivity index (χ0v) is 9.37. The van der Waals surface area contributed by atoms with Crippen LogP contribution in [0, 0.1) is 10.1 Å². The molecule has 0 unspecified atom stereocenters. The molecule has 0 aliphatic heterocycles. The van der Waals surface area contributed by atoms with E-state index in [0.29, 0.717) is 0 Å². The van der Waals surface area contributed by atoms with E-state index >= 15 is 0 Å². The molecule has 0 radical (unpaired) electrons. The van der Waals surface area contributed by atoms with Crippen LogP contribution in [0.2, 0.25) is 0 Å². The van der Waals surface area contributed by atoms with Gasteiger partial charge in [0, 0.05) is 0 Å². The van der Waals surface area contributed by atoms with Crippen molar-refractivity contribution < 1.29 is 19.6 Å². The van der Waals surface area contributed by atoms with Gasteiger partial charge >= 0.3 is 11.8 Å². The Balaban J connectivity index is 2.64. The molecular weight excluding hydrogens is 246 g/mol. The Labute approximate surface area is 101 Å². The highest BCUT2D eigenvalue weighted by Crippen LogP contribution is 2.07. The summed E-state index contributed by atoms with van der Waals surface area (Å²) in [5, 5.41) is 21.0. The van der Waals surface area contributed by atoms with Crippen molar-refractivity contribution in [2.75, 3.05) is 6.61 Å². The van der Waals surface area contributed by atoms with Crippen LogP contribution < -0.4 is 15.5 Å². The number of aromatic nitrogens is 1. The molecule has 3 N–H and O–H groups in total. The summed E-state index contributed by atoms with van der Waals surface area (Å²) < 4.78 is 5.08. The number of amides is 1. The van der Waals surface area contributed by atoms with E-state index in [1.165, 1.54) is 0 Å². The lowest BCUT2D eigenvalue weighted by Gasteiger charge is -2.12. The standard InChI is InChI=1S/C9H11N3O6/c1-5(11-9(14)15)4-18-8-2-7(13)6(3-10-8)12(16)17/h2-3,5,11H,4H2,1H3,(H,10,13)(H,14,15)/t5-/m0/s1. The first-order chi connectivity index (χ1) is 8.40. The molecular formula is C9H11N3O6. The van der Waals surface area contributed by atoms with Crippen molar-refractivity contribution in [1.82, 2.24) is 10.3 Å². The van der Waals surface area contributed by atoms with E-state index in [2.05, 4.69) is 10.3 Å². The molecule has 1 amide bonds. The monoisotopic (exact) mass is 257 g/mol. The Morgan fingerprint density at radius 1 is 1.72 bits per heavy atom. The maximum atomic E-state index is 11.3. The summed E-state index contributed by atoms with van der Waals surface area (Å²) in [5.41, 5.74) is -1.37. The van der Waals surface area contributed by atoms with Crippen LogP contribution in [0.3, 0.4) is 0 Å². The molecule has 18 heavy (non-hydrogen) atoms. The molecule has 98 valence electrons. The fraction of sp³-hybridized carbons (Fsp3) is 0.333. The van der Waals surface area contributed by atoms with E-state index in [9.17, 15) is 19.7 Å². The van der Waals surface area contributed by atoms with Gasteiger partial charge in [0.25, 0.3) is 5.43 Å². The first-order valence-electron chi connectivity index (χ1n) is 4.89. The molecule has 0 spiro atoms. The Morgan fingerprint density at radius 2 is 2.39 bits per heavy atom.